The van der Waals surface area contributed by atoms with E-state index in [2.05, 4.69) is 29.3 Å². The summed E-state index contributed by atoms with van der Waals surface area (Å²) in [4.78, 5) is 29.5. The average Bonchev–Trinajstić information content (AvgIpc) is 3.38. The van der Waals surface area contributed by atoms with E-state index in [0.717, 1.165) is 4.88 Å². The van der Waals surface area contributed by atoms with Crippen molar-refractivity contribution >= 4 is 28.9 Å². The lowest BCUT2D eigenvalue weighted by molar-refractivity contribution is -0.153. The van der Waals surface area contributed by atoms with Crippen molar-refractivity contribution in [1.29, 1.82) is 0 Å². The van der Waals surface area contributed by atoms with Crippen LogP contribution in [0, 0.1) is 0 Å². The summed E-state index contributed by atoms with van der Waals surface area (Å²) >= 11 is 1.51. The molecule has 0 aliphatic carbocycles. The van der Waals surface area contributed by atoms with E-state index in [0.29, 0.717) is 23.3 Å². The van der Waals surface area contributed by atoms with E-state index in [1.165, 1.54) is 23.8 Å². The molecule has 1 N–H and O–H groups in total. The SMILES string of the molecule is CC(C)c1ccc(NC(=O)[C@@H](C)OC(=O)CCc2nc(-c3cccs3)no2)cc1. The van der Waals surface area contributed by atoms with Crippen LogP contribution < -0.4 is 5.32 Å². The van der Waals surface area contributed by atoms with Gasteiger partial charge in [0, 0.05) is 12.1 Å². The molecule has 2 aromatic heterocycles. The first-order valence-electron chi connectivity index (χ1n) is 9.39. The highest BCUT2D eigenvalue weighted by atomic mass is 32.1. The van der Waals surface area contributed by atoms with E-state index < -0.39 is 12.1 Å². The van der Waals surface area contributed by atoms with Crippen molar-refractivity contribution in [2.45, 2.75) is 45.6 Å². The normalized spacial score (nSPS) is 12.0. The van der Waals surface area contributed by atoms with E-state index in [-0.39, 0.29) is 18.7 Å². The summed E-state index contributed by atoms with van der Waals surface area (Å²) in [5, 5.41) is 8.57. The van der Waals surface area contributed by atoms with Gasteiger partial charge in [0.05, 0.1) is 11.3 Å². The third-order valence-electron chi connectivity index (χ3n) is 4.27. The molecule has 7 nitrogen and oxygen atoms in total. The molecule has 0 aliphatic rings. The predicted molar refractivity (Wildman–Crippen MR) is 111 cm³/mol. The molecule has 1 atom stereocenters. The summed E-state index contributed by atoms with van der Waals surface area (Å²) in [6.07, 6.45) is -0.605. The topological polar surface area (TPSA) is 94.3 Å². The smallest absolute Gasteiger partial charge is 0.307 e. The molecule has 1 aromatic carbocycles. The van der Waals surface area contributed by atoms with Crippen molar-refractivity contribution < 1.29 is 18.8 Å². The van der Waals surface area contributed by atoms with Crippen LogP contribution in [0.2, 0.25) is 0 Å². The van der Waals surface area contributed by atoms with E-state index in [4.69, 9.17) is 9.26 Å². The number of nitrogens with zero attached hydrogens (tertiary/aromatic N) is 2. The lowest BCUT2D eigenvalue weighted by Gasteiger charge is -2.14. The molecule has 2 heterocycles. The Kier molecular flexibility index (Phi) is 6.77. The second-order valence-electron chi connectivity index (χ2n) is 6.89. The van der Waals surface area contributed by atoms with Crippen molar-refractivity contribution in [3.8, 4) is 10.7 Å². The number of benzene rings is 1. The Labute approximate surface area is 173 Å². The Morgan fingerprint density at radius 1 is 1.17 bits per heavy atom. The average molecular weight is 413 g/mol. The number of hydrogen-bond donors (Lipinski definition) is 1. The number of anilines is 1. The van der Waals surface area contributed by atoms with Crippen LogP contribution >= 0.6 is 11.3 Å². The summed E-state index contributed by atoms with van der Waals surface area (Å²) in [6, 6.07) is 11.4. The standard InChI is InChI=1S/C21H23N3O4S/c1-13(2)15-6-8-16(9-7-15)22-21(26)14(3)27-19(25)11-10-18-23-20(24-28-18)17-5-4-12-29-17/h4-9,12-14H,10-11H2,1-3H3,(H,22,26)/t14-/m1/s1. The van der Waals surface area contributed by atoms with Gasteiger partial charge in [-0.3, -0.25) is 9.59 Å². The summed E-state index contributed by atoms with van der Waals surface area (Å²) in [6.45, 7) is 5.75. The Morgan fingerprint density at radius 2 is 1.93 bits per heavy atom. The molecule has 0 aliphatic heterocycles. The molecule has 0 saturated heterocycles. The molecule has 152 valence electrons. The number of aromatic nitrogens is 2. The third kappa shape index (κ3) is 5.74. The van der Waals surface area contributed by atoms with Gasteiger partial charge in [0.15, 0.2) is 6.10 Å². The molecule has 3 rings (SSSR count). The van der Waals surface area contributed by atoms with Crippen LogP contribution in [0.1, 0.15) is 44.6 Å². The third-order valence-corrected chi connectivity index (χ3v) is 5.14. The van der Waals surface area contributed by atoms with E-state index in [1.807, 2.05) is 41.8 Å². The first-order valence-corrected chi connectivity index (χ1v) is 10.3. The highest BCUT2D eigenvalue weighted by molar-refractivity contribution is 7.13. The molecule has 0 saturated carbocycles. The fourth-order valence-electron chi connectivity index (χ4n) is 2.58. The van der Waals surface area contributed by atoms with Gasteiger partial charge in [0.1, 0.15) is 0 Å². The van der Waals surface area contributed by atoms with Crippen LogP contribution in [0.5, 0.6) is 0 Å². The number of aryl methyl sites for hydroxylation is 1. The van der Waals surface area contributed by atoms with Crippen molar-refractivity contribution in [3.63, 3.8) is 0 Å². The van der Waals surface area contributed by atoms with E-state index in [1.54, 1.807) is 0 Å². The van der Waals surface area contributed by atoms with Crippen LogP contribution in [0.4, 0.5) is 5.69 Å². The van der Waals surface area contributed by atoms with E-state index >= 15 is 0 Å². The number of ether oxygens (including phenoxy) is 1. The van der Waals surface area contributed by atoms with Crippen LogP contribution in [-0.4, -0.2) is 28.1 Å². The van der Waals surface area contributed by atoms with Crippen molar-refractivity contribution in [1.82, 2.24) is 10.1 Å². The molecule has 29 heavy (non-hydrogen) atoms. The number of amides is 1. The summed E-state index contributed by atoms with van der Waals surface area (Å²) < 4.78 is 10.4. The molecule has 0 bridgehead atoms. The Morgan fingerprint density at radius 3 is 2.59 bits per heavy atom. The van der Waals surface area contributed by atoms with Crippen LogP contribution in [0.25, 0.3) is 10.7 Å². The maximum Gasteiger partial charge on any atom is 0.307 e. The molecule has 1 amide bonds. The van der Waals surface area contributed by atoms with Gasteiger partial charge in [-0.1, -0.05) is 37.2 Å². The Hall–Kier alpha value is -3.00. The zero-order valence-electron chi connectivity index (χ0n) is 16.5. The van der Waals surface area contributed by atoms with Gasteiger partial charge in [-0.2, -0.15) is 4.98 Å². The minimum atomic E-state index is -0.906. The maximum atomic E-state index is 12.2. The summed E-state index contributed by atoms with van der Waals surface area (Å²) in [5.74, 6) is 0.388. The largest absolute Gasteiger partial charge is 0.453 e. The monoisotopic (exact) mass is 413 g/mol. The summed E-state index contributed by atoms with van der Waals surface area (Å²) in [7, 11) is 0. The second-order valence-corrected chi connectivity index (χ2v) is 7.83. The van der Waals surface area contributed by atoms with Crippen molar-refractivity contribution in [3.05, 3.63) is 53.2 Å². The number of carbonyl (C=O) groups excluding carboxylic acids is 2. The number of nitrogens with one attached hydrogen (secondary N) is 1. The number of carbonyl (C=O) groups is 2. The molecule has 0 radical (unpaired) electrons. The highest BCUT2D eigenvalue weighted by Gasteiger charge is 2.19. The van der Waals surface area contributed by atoms with Crippen molar-refractivity contribution in [2.24, 2.45) is 0 Å². The fourth-order valence-corrected chi connectivity index (χ4v) is 3.23. The van der Waals surface area contributed by atoms with Gasteiger partial charge in [0.2, 0.25) is 11.7 Å². The van der Waals surface area contributed by atoms with Crippen LogP contribution in [-0.2, 0) is 20.7 Å². The molecular formula is C21H23N3O4S. The number of thiophene rings is 1. The number of rotatable bonds is 8. The van der Waals surface area contributed by atoms with Gasteiger partial charge in [-0.15, -0.1) is 11.3 Å². The van der Waals surface area contributed by atoms with Gasteiger partial charge >= 0.3 is 5.97 Å². The van der Waals surface area contributed by atoms with Gasteiger partial charge in [-0.05, 0) is 42.0 Å². The molecule has 0 unspecified atom stereocenters. The van der Waals surface area contributed by atoms with Crippen molar-refractivity contribution in [2.75, 3.05) is 5.32 Å². The van der Waals surface area contributed by atoms with Gasteiger partial charge < -0.3 is 14.6 Å². The summed E-state index contributed by atoms with van der Waals surface area (Å²) in [5.41, 5.74) is 1.85. The Balaban J connectivity index is 1.45. The number of hydrogen-bond acceptors (Lipinski definition) is 7. The molecule has 0 spiro atoms. The number of esters is 1. The minimum absolute atomic E-state index is 0.0484. The van der Waals surface area contributed by atoms with Crippen LogP contribution in [0.3, 0.4) is 0 Å². The second kappa shape index (κ2) is 9.47. The molecule has 3 aromatic rings. The quantitative estimate of drug-likeness (QED) is 0.549. The maximum absolute atomic E-state index is 12.2. The van der Waals surface area contributed by atoms with Gasteiger partial charge in [0.25, 0.3) is 5.91 Å². The molecule has 0 fully saturated rings. The Bertz CT molecular complexity index is 949. The minimum Gasteiger partial charge on any atom is -0.453 e. The van der Waals surface area contributed by atoms with Gasteiger partial charge in [-0.25, -0.2) is 0 Å². The highest BCUT2D eigenvalue weighted by Crippen LogP contribution is 2.21. The molecule has 8 heteroatoms. The fraction of sp³-hybridized carbons (Fsp3) is 0.333. The first kappa shape index (κ1) is 20.7. The lowest BCUT2D eigenvalue weighted by Crippen LogP contribution is -2.30. The van der Waals surface area contributed by atoms with E-state index in [9.17, 15) is 9.59 Å². The zero-order chi connectivity index (χ0) is 20.8. The lowest BCUT2D eigenvalue weighted by atomic mass is 10.0. The molecular weight excluding hydrogens is 390 g/mol. The first-order chi connectivity index (χ1) is 13.9. The predicted octanol–water partition coefficient (Wildman–Crippen LogP) is 4.42. The zero-order valence-corrected chi connectivity index (χ0v) is 17.4. The van der Waals surface area contributed by atoms with Crippen LogP contribution in [0.15, 0.2) is 46.3 Å².